The molecule has 0 saturated carbocycles. The molecule has 2 aromatic rings. The van der Waals surface area contributed by atoms with E-state index in [1.807, 2.05) is 18.5 Å². The summed E-state index contributed by atoms with van der Waals surface area (Å²) in [6.45, 7) is 2.37. The second kappa shape index (κ2) is 4.86. The highest BCUT2D eigenvalue weighted by atomic mass is 15.1. The molecule has 0 unspecified atom stereocenters. The monoisotopic (exact) mass is 243 g/mol. The third kappa shape index (κ3) is 2.41. The van der Waals surface area contributed by atoms with Gasteiger partial charge in [0.2, 0.25) is 0 Å². The fourth-order valence-corrected chi connectivity index (χ4v) is 2.49. The van der Waals surface area contributed by atoms with Crippen LogP contribution < -0.4 is 0 Å². The van der Waals surface area contributed by atoms with Crippen LogP contribution in [-0.4, -0.2) is 45.2 Å². The van der Waals surface area contributed by atoms with Gasteiger partial charge in [-0.1, -0.05) is 0 Å². The average molecular weight is 243 g/mol. The van der Waals surface area contributed by atoms with Gasteiger partial charge in [-0.15, -0.1) is 0 Å². The Labute approximate surface area is 106 Å². The number of hydrogen-bond donors (Lipinski definition) is 1. The molecule has 5 heteroatoms. The van der Waals surface area contributed by atoms with Gasteiger partial charge in [0.05, 0.1) is 17.6 Å². The number of aromatic amines is 1. The Kier molecular flexibility index (Phi) is 3.06. The van der Waals surface area contributed by atoms with Crippen molar-refractivity contribution in [2.75, 3.05) is 20.1 Å². The van der Waals surface area contributed by atoms with E-state index in [4.69, 9.17) is 0 Å². The lowest BCUT2D eigenvalue weighted by molar-refractivity contribution is 0.393. The lowest BCUT2D eigenvalue weighted by Gasteiger charge is -2.09. The molecule has 94 valence electrons. The maximum atomic E-state index is 4.49. The molecule has 0 aliphatic carbocycles. The predicted octanol–water partition coefficient (Wildman–Crippen LogP) is 1.36. The van der Waals surface area contributed by atoms with Crippen LogP contribution in [-0.2, 0) is 6.42 Å². The van der Waals surface area contributed by atoms with Crippen LogP contribution in [0.2, 0.25) is 0 Å². The Morgan fingerprint density at radius 3 is 2.94 bits per heavy atom. The molecular weight excluding hydrogens is 226 g/mol. The van der Waals surface area contributed by atoms with Crippen LogP contribution in [0.3, 0.4) is 0 Å². The quantitative estimate of drug-likeness (QED) is 0.884. The zero-order valence-corrected chi connectivity index (χ0v) is 10.5. The molecule has 0 spiro atoms. The van der Waals surface area contributed by atoms with E-state index < -0.39 is 0 Å². The van der Waals surface area contributed by atoms with Crippen LogP contribution in [0.15, 0.2) is 24.7 Å². The first-order chi connectivity index (χ1) is 8.81. The summed E-state index contributed by atoms with van der Waals surface area (Å²) >= 11 is 0. The maximum absolute atomic E-state index is 4.49. The molecule has 1 aliphatic rings. The predicted molar refractivity (Wildman–Crippen MR) is 68.9 cm³/mol. The third-order valence-electron chi connectivity index (χ3n) is 3.47. The van der Waals surface area contributed by atoms with E-state index in [9.17, 15) is 0 Å². The molecule has 18 heavy (non-hydrogen) atoms. The molecule has 0 amide bonds. The first-order valence-corrected chi connectivity index (χ1v) is 6.30. The molecule has 1 N–H and O–H groups in total. The molecule has 0 bridgehead atoms. The number of nitrogens with one attached hydrogen (secondary N) is 1. The van der Waals surface area contributed by atoms with Gasteiger partial charge in [0.1, 0.15) is 5.69 Å². The van der Waals surface area contributed by atoms with Crippen LogP contribution in [0.4, 0.5) is 0 Å². The Morgan fingerprint density at radius 1 is 1.39 bits per heavy atom. The van der Waals surface area contributed by atoms with Crippen LogP contribution in [0, 0.1) is 5.92 Å². The van der Waals surface area contributed by atoms with E-state index in [2.05, 4.69) is 32.1 Å². The van der Waals surface area contributed by atoms with Gasteiger partial charge < -0.3 is 4.90 Å². The highest BCUT2D eigenvalue weighted by Gasteiger charge is 2.20. The van der Waals surface area contributed by atoms with Gasteiger partial charge in [-0.3, -0.25) is 15.1 Å². The van der Waals surface area contributed by atoms with Crippen molar-refractivity contribution in [3.63, 3.8) is 0 Å². The summed E-state index contributed by atoms with van der Waals surface area (Å²) in [7, 11) is 2.17. The number of hydrogen-bond acceptors (Lipinski definition) is 4. The average Bonchev–Trinajstić information content (AvgIpc) is 3.02. The zero-order valence-electron chi connectivity index (χ0n) is 10.5. The molecule has 0 aromatic carbocycles. The van der Waals surface area contributed by atoms with Crippen molar-refractivity contribution in [3.8, 4) is 11.4 Å². The largest absolute Gasteiger partial charge is 0.306 e. The Hall–Kier alpha value is -1.75. The van der Waals surface area contributed by atoms with E-state index in [0.717, 1.165) is 29.4 Å². The number of nitrogens with zero attached hydrogens (tertiary/aromatic N) is 4. The molecule has 1 fully saturated rings. The molecule has 3 heterocycles. The van der Waals surface area contributed by atoms with Gasteiger partial charge in [-0.2, -0.15) is 5.10 Å². The van der Waals surface area contributed by atoms with Crippen LogP contribution in [0.5, 0.6) is 0 Å². The number of rotatable bonds is 3. The molecule has 5 nitrogen and oxygen atoms in total. The molecule has 0 radical (unpaired) electrons. The van der Waals surface area contributed by atoms with Gasteiger partial charge in [-0.25, -0.2) is 0 Å². The van der Waals surface area contributed by atoms with Gasteiger partial charge >= 0.3 is 0 Å². The van der Waals surface area contributed by atoms with Crippen LogP contribution in [0.1, 0.15) is 12.1 Å². The molecule has 2 aromatic heterocycles. The lowest BCUT2D eigenvalue weighted by atomic mass is 10.0. The smallest absolute Gasteiger partial charge is 0.106 e. The van der Waals surface area contributed by atoms with Crippen LogP contribution in [0.25, 0.3) is 11.4 Å². The Bertz CT molecular complexity index is 491. The maximum Gasteiger partial charge on any atom is 0.106 e. The number of H-pyrrole nitrogens is 1. The van der Waals surface area contributed by atoms with Crippen molar-refractivity contribution >= 4 is 0 Å². The summed E-state index contributed by atoms with van der Waals surface area (Å²) in [5.41, 5.74) is 2.84. The summed E-state index contributed by atoms with van der Waals surface area (Å²) in [6, 6.07) is 1.90. The fraction of sp³-hybridized carbons (Fsp3) is 0.462. The van der Waals surface area contributed by atoms with Gasteiger partial charge in [0, 0.05) is 18.9 Å². The van der Waals surface area contributed by atoms with Crippen molar-refractivity contribution in [1.82, 2.24) is 25.1 Å². The standard InChI is InChI=1S/C13H17N5/c1-18-5-3-10(9-18)6-11-7-15-13(8-14-11)12-2-4-16-17-12/h2,4,7-8,10H,3,5-6,9H2,1H3,(H,16,17)/t10-/m0/s1. The minimum Gasteiger partial charge on any atom is -0.306 e. The summed E-state index contributed by atoms with van der Waals surface area (Å²) < 4.78 is 0. The summed E-state index contributed by atoms with van der Waals surface area (Å²) in [6.07, 6.45) is 7.72. The van der Waals surface area contributed by atoms with E-state index in [-0.39, 0.29) is 0 Å². The number of likely N-dealkylation sites (tertiary alicyclic amines) is 1. The topological polar surface area (TPSA) is 57.7 Å². The molecule has 1 aliphatic heterocycles. The molecular formula is C13H17N5. The first kappa shape index (κ1) is 11.3. The molecule has 1 saturated heterocycles. The summed E-state index contributed by atoms with van der Waals surface area (Å²) in [5.74, 6) is 0.724. The Morgan fingerprint density at radius 2 is 2.33 bits per heavy atom. The van der Waals surface area contributed by atoms with Crippen molar-refractivity contribution < 1.29 is 0 Å². The second-order valence-electron chi connectivity index (χ2n) is 4.98. The summed E-state index contributed by atoms with van der Waals surface area (Å²) in [5, 5.41) is 6.81. The minimum absolute atomic E-state index is 0.724. The van der Waals surface area contributed by atoms with E-state index in [0.29, 0.717) is 0 Å². The molecule has 3 rings (SSSR count). The summed E-state index contributed by atoms with van der Waals surface area (Å²) in [4.78, 5) is 11.3. The van der Waals surface area contributed by atoms with E-state index in [1.54, 1.807) is 6.20 Å². The van der Waals surface area contributed by atoms with Gasteiger partial charge in [-0.05, 0) is 38.4 Å². The first-order valence-electron chi connectivity index (χ1n) is 6.30. The van der Waals surface area contributed by atoms with Crippen molar-refractivity contribution in [2.45, 2.75) is 12.8 Å². The highest BCUT2D eigenvalue weighted by Crippen LogP contribution is 2.19. The third-order valence-corrected chi connectivity index (χ3v) is 3.47. The lowest BCUT2D eigenvalue weighted by Crippen LogP contribution is -2.15. The van der Waals surface area contributed by atoms with Crippen LogP contribution >= 0.6 is 0 Å². The van der Waals surface area contributed by atoms with E-state index >= 15 is 0 Å². The van der Waals surface area contributed by atoms with Crippen molar-refractivity contribution in [1.29, 1.82) is 0 Å². The second-order valence-corrected chi connectivity index (χ2v) is 4.98. The molecule has 1 atom stereocenters. The van der Waals surface area contributed by atoms with Crippen molar-refractivity contribution in [2.24, 2.45) is 5.92 Å². The SMILES string of the molecule is CN1CC[C@@H](Cc2cnc(-c3ccn[nH]3)cn2)C1. The fourth-order valence-electron chi connectivity index (χ4n) is 2.49. The Balaban J connectivity index is 1.68. The van der Waals surface area contributed by atoms with Gasteiger partial charge in [0.25, 0.3) is 0 Å². The minimum atomic E-state index is 0.724. The zero-order chi connectivity index (χ0) is 12.4. The highest BCUT2D eigenvalue weighted by molar-refractivity contribution is 5.51. The van der Waals surface area contributed by atoms with E-state index in [1.165, 1.54) is 19.5 Å². The normalized spacial score (nSPS) is 20.4. The van der Waals surface area contributed by atoms with Gasteiger partial charge in [0.15, 0.2) is 0 Å². The van der Waals surface area contributed by atoms with Crippen molar-refractivity contribution in [3.05, 3.63) is 30.4 Å². The number of aromatic nitrogens is 4.